The van der Waals surface area contributed by atoms with Crippen LogP contribution in [0.1, 0.15) is 5.56 Å². The molecule has 0 saturated heterocycles. The number of methoxy groups -OCH3 is 1. The lowest BCUT2D eigenvalue weighted by Gasteiger charge is -2.10. The van der Waals surface area contributed by atoms with Gasteiger partial charge in [-0.05, 0) is 12.1 Å². The summed E-state index contributed by atoms with van der Waals surface area (Å²) in [7, 11) is 1.50. The molecule has 0 N–H and O–H groups in total. The number of benzene rings is 2. The molecule has 0 atom stereocenters. The summed E-state index contributed by atoms with van der Waals surface area (Å²) in [4.78, 5) is 9.89. The molecular weight excluding hydrogens is 265 g/mol. The third kappa shape index (κ3) is 2.85. The van der Waals surface area contributed by atoms with E-state index in [2.05, 4.69) is 0 Å². The SMILES string of the molecule is COc1ccccc1OCc1cccc([N+](=O)[O-])c1F. The lowest BCUT2D eigenvalue weighted by atomic mass is 10.2. The number of hydrogen-bond donors (Lipinski definition) is 0. The normalized spacial score (nSPS) is 10.1. The molecule has 0 amide bonds. The number of nitrogens with zero attached hydrogens (tertiary/aromatic N) is 1. The molecule has 0 aromatic heterocycles. The number of rotatable bonds is 5. The number of halogens is 1. The summed E-state index contributed by atoms with van der Waals surface area (Å²) in [5, 5.41) is 10.7. The van der Waals surface area contributed by atoms with Crippen molar-refractivity contribution in [3.63, 3.8) is 0 Å². The van der Waals surface area contributed by atoms with Crippen LogP contribution in [-0.2, 0) is 6.61 Å². The minimum absolute atomic E-state index is 0.116. The highest BCUT2D eigenvalue weighted by molar-refractivity contribution is 5.40. The van der Waals surface area contributed by atoms with Crippen LogP contribution < -0.4 is 9.47 Å². The van der Waals surface area contributed by atoms with E-state index in [0.29, 0.717) is 11.5 Å². The van der Waals surface area contributed by atoms with Crippen molar-refractivity contribution in [2.24, 2.45) is 0 Å². The van der Waals surface area contributed by atoms with Gasteiger partial charge in [-0.1, -0.05) is 24.3 Å². The summed E-state index contributed by atoms with van der Waals surface area (Å²) in [6.45, 7) is -0.117. The van der Waals surface area contributed by atoms with Crippen LogP contribution in [0.15, 0.2) is 42.5 Å². The van der Waals surface area contributed by atoms with Crippen LogP contribution in [0.3, 0.4) is 0 Å². The van der Waals surface area contributed by atoms with Crippen molar-refractivity contribution in [1.29, 1.82) is 0 Å². The van der Waals surface area contributed by atoms with E-state index >= 15 is 0 Å². The van der Waals surface area contributed by atoms with Crippen LogP contribution in [0.25, 0.3) is 0 Å². The third-order valence-corrected chi connectivity index (χ3v) is 2.71. The molecule has 6 heteroatoms. The molecule has 0 heterocycles. The Morgan fingerprint density at radius 2 is 1.85 bits per heavy atom. The number of ether oxygens (including phenoxy) is 2. The van der Waals surface area contributed by atoms with Crippen molar-refractivity contribution in [1.82, 2.24) is 0 Å². The van der Waals surface area contributed by atoms with E-state index in [1.165, 1.54) is 19.2 Å². The van der Waals surface area contributed by atoms with Crippen molar-refractivity contribution in [2.45, 2.75) is 6.61 Å². The van der Waals surface area contributed by atoms with Crippen molar-refractivity contribution >= 4 is 5.69 Å². The van der Waals surface area contributed by atoms with Gasteiger partial charge < -0.3 is 9.47 Å². The largest absolute Gasteiger partial charge is 0.493 e. The van der Waals surface area contributed by atoms with Crippen LogP contribution in [0.5, 0.6) is 11.5 Å². The van der Waals surface area contributed by atoms with Crippen molar-refractivity contribution in [2.75, 3.05) is 7.11 Å². The summed E-state index contributed by atoms with van der Waals surface area (Å²) in [6, 6.07) is 10.9. The van der Waals surface area contributed by atoms with E-state index < -0.39 is 16.4 Å². The van der Waals surface area contributed by atoms with Gasteiger partial charge in [-0.25, -0.2) is 0 Å². The maximum atomic E-state index is 13.9. The Kier molecular flexibility index (Phi) is 4.14. The topological polar surface area (TPSA) is 61.6 Å². The van der Waals surface area contributed by atoms with Crippen LogP contribution in [0.2, 0.25) is 0 Å². The monoisotopic (exact) mass is 277 g/mol. The number of para-hydroxylation sites is 2. The predicted molar refractivity (Wildman–Crippen MR) is 70.4 cm³/mol. The Morgan fingerprint density at radius 3 is 2.50 bits per heavy atom. The van der Waals surface area contributed by atoms with Crippen LogP contribution in [0.4, 0.5) is 10.1 Å². The van der Waals surface area contributed by atoms with Gasteiger partial charge in [0.05, 0.1) is 12.0 Å². The molecule has 20 heavy (non-hydrogen) atoms. The quantitative estimate of drug-likeness (QED) is 0.621. The highest BCUT2D eigenvalue weighted by Gasteiger charge is 2.17. The minimum Gasteiger partial charge on any atom is -0.493 e. The second-order valence-corrected chi connectivity index (χ2v) is 3.95. The molecule has 0 aliphatic carbocycles. The molecule has 0 aliphatic heterocycles. The molecule has 2 aromatic rings. The average molecular weight is 277 g/mol. The van der Waals surface area contributed by atoms with Gasteiger partial charge in [0.1, 0.15) is 6.61 Å². The first-order chi connectivity index (χ1) is 9.63. The lowest BCUT2D eigenvalue weighted by molar-refractivity contribution is -0.387. The summed E-state index contributed by atoms with van der Waals surface area (Å²) < 4.78 is 24.4. The first-order valence-corrected chi connectivity index (χ1v) is 5.81. The van der Waals surface area contributed by atoms with E-state index in [0.717, 1.165) is 6.07 Å². The Bertz CT molecular complexity index is 630. The van der Waals surface area contributed by atoms with Crippen LogP contribution >= 0.6 is 0 Å². The van der Waals surface area contributed by atoms with Gasteiger partial charge in [0, 0.05) is 11.6 Å². The van der Waals surface area contributed by atoms with Crippen LogP contribution in [-0.4, -0.2) is 12.0 Å². The molecule has 0 fully saturated rings. The standard InChI is InChI=1S/C14H12FNO4/c1-19-12-7-2-3-8-13(12)20-9-10-5-4-6-11(14(10)15)16(17)18/h2-8H,9H2,1H3. The second kappa shape index (κ2) is 6.01. The number of nitro benzene ring substituents is 1. The van der Waals surface area contributed by atoms with Gasteiger partial charge in [0.15, 0.2) is 11.5 Å². The van der Waals surface area contributed by atoms with Gasteiger partial charge in [-0.3, -0.25) is 10.1 Å². The molecule has 5 nitrogen and oxygen atoms in total. The van der Waals surface area contributed by atoms with E-state index in [1.807, 2.05) is 0 Å². The molecule has 0 radical (unpaired) electrons. The lowest BCUT2D eigenvalue weighted by Crippen LogP contribution is -2.02. The van der Waals surface area contributed by atoms with E-state index in [4.69, 9.17) is 9.47 Å². The first kappa shape index (κ1) is 13.8. The van der Waals surface area contributed by atoms with Gasteiger partial charge in [-0.15, -0.1) is 0 Å². The molecule has 2 rings (SSSR count). The summed E-state index contributed by atoms with van der Waals surface area (Å²) in [5.41, 5.74) is -0.448. The van der Waals surface area contributed by atoms with Crippen molar-refractivity contribution < 1.29 is 18.8 Å². The fourth-order valence-corrected chi connectivity index (χ4v) is 1.71. The smallest absolute Gasteiger partial charge is 0.305 e. The highest BCUT2D eigenvalue weighted by atomic mass is 19.1. The number of nitro groups is 1. The third-order valence-electron chi connectivity index (χ3n) is 2.71. The zero-order valence-corrected chi connectivity index (χ0v) is 10.7. The summed E-state index contributed by atoms with van der Waals surface area (Å²) in [5.74, 6) is 0.0756. The van der Waals surface area contributed by atoms with Gasteiger partial charge in [0.2, 0.25) is 5.82 Å². The van der Waals surface area contributed by atoms with Crippen molar-refractivity contribution in [3.8, 4) is 11.5 Å². The second-order valence-electron chi connectivity index (χ2n) is 3.95. The Hall–Kier alpha value is -2.63. The average Bonchev–Trinajstić information content (AvgIpc) is 2.46. The predicted octanol–water partition coefficient (Wildman–Crippen LogP) is 3.32. The molecule has 104 valence electrons. The molecule has 0 saturated carbocycles. The highest BCUT2D eigenvalue weighted by Crippen LogP contribution is 2.28. The zero-order valence-electron chi connectivity index (χ0n) is 10.7. The van der Waals surface area contributed by atoms with Gasteiger partial charge in [0.25, 0.3) is 0 Å². The molecule has 0 aliphatic rings. The fraction of sp³-hybridized carbons (Fsp3) is 0.143. The summed E-state index contributed by atoms with van der Waals surface area (Å²) >= 11 is 0. The maximum Gasteiger partial charge on any atom is 0.305 e. The van der Waals surface area contributed by atoms with Crippen LogP contribution in [0, 0.1) is 15.9 Å². The Balaban J connectivity index is 2.19. The Labute approximate surface area is 114 Å². The summed E-state index contributed by atoms with van der Waals surface area (Å²) in [6.07, 6.45) is 0. The number of hydrogen-bond acceptors (Lipinski definition) is 4. The molecule has 0 spiro atoms. The van der Waals surface area contributed by atoms with Gasteiger partial charge >= 0.3 is 5.69 Å². The Morgan fingerprint density at radius 1 is 1.15 bits per heavy atom. The van der Waals surface area contributed by atoms with E-state index in [-0.39, 0.29) is 12.2 Å². The maximum absolute atomic E-state index is 13.9. The molecule has 0 bridgehead atoms. The zero-order chi connectivity index (χ0) is 14.5. The van der Waals surface area contributed by atoms with Crippen molar-refractivity contribution in [3.05, 3.63) is 64.0 Å². The molecular formula is C14H12FNO4. The molecule has 0 unspecified atom stereocenters. The van der Waals surface area contributed by atoms with E-state index in [9.17, 15) is 14.5 Å². The molecule has 2 aromatic carbocycles. The fourth-order valence-electron chi connectivity index (χ4n) is 1.71. The van der Waals surface area contributed by atoms with E-state index in [1.54, 1.807) is 24.3 Å². The minimum atomic E-state index is -0.882. The first-order valence-electron chi connectivity index (χ1n) is 5.81. The van der Waals surface area contributed by atoms with Gasteiger partial charge in [-0.2, -0.15) is 4.39 Å².